The molecule has 0 fully saturated rings. The van der Waals surface area contributed by atoms with E-state index in [2.05, 4.69) is 5.16 Å². The summed E-state index contributed by atoms with van der Waals surface area (Å²) in [7, 11) is 0. The van der Waals surface area contributed by atoms with E-state index >= 15 is 0 Å². The zero-order valence-electron chi connectivity index (χ0n) is 11.9. The zero-order valence-corrected chi connectivity index (χ0v) is 12.6. The Balaban J connectivity index is 2.19. The summed E-state index contributed by atoms with van der Waals surface area (Å²) in [6, 6.07) is 13.9. The molecule has 0 aliphatic carbocycles. The summed E-state index contributed by atoms with van der Waals surface area (Å²) in [6.07, 6.45) is 0. The molecule has 0 aliphatic rings. The van der Waals surface area contributed by atoms with Crippen molar-refractivity contribution in [3.05, 3.63) is 58.6 Å². The van der Waals surface area contributed by atoms with E-state index in [1.165, 1.54) is 5.56 Å². The van der Waals surface area contributed by atoms with Gasteiger partial charge in [0.2, 0.25) is 0 Å². The smallest absolute Gasteiger partial charge is 0.178 e. The van der Waals surface area contributed by atoms with Gasteiger partial charge in [0, 0.05) is 5.56 Å². The van der Waals surface area contributed by atoms with E-state index in [9.17, 15) is 0 Å². The summed E-state index contributed by atoms with van der Waals surface area (Å²) in [5, 5.41) is 4.52. The average Bonchev–Trinajstić information content (AvgIpc) is 2.82. The lowest BCUT2D eigenvalue weighted by Gasteiger charge is -2.06. The number of anilines is 1. The van der Waals surface area contributed by atoms with E-state index in [0.29, 0.717) is 16.6 Å². The van der Waals surface area contributed by atoms with Crippen molar-refractivity contribution in [2.75, 3.05) is 5.73 Å². The maximum absolute atomic E-state index is 6.33. The van der Waals surface area contributed by atoms with Crippen LogP contribution in [-0.4, -0.2) is 5.16 Å². The maximum atomic E-state index is 6.33. The zero-order chi connectivity index (χ0) is 15.0. The van der Waals surface area contributed by atoms with Gasteiger partial charge in [-0.1, -0.05) is 52.7 Å². The predicted octanol–water partition coefficient (Wildman–Crippen LogP) is 4.86. The van der Waals surface area contributed by atoms with Gasteiger partial charge in [-0.2, -0.15) is 0 Å². The van der Waals surface area contributed by atoms with Crippen LogP contribution >= 0.6 is 11.6 Å². The number of nitrogen functional groups attached to an aromatic ring is 1. The summed E-state index contributed by atoms with van der Waals surface area (Å²) in [5.74, 6) is 0.965. The molecule has 3 aromatic rings. The monoisotopic (exact) mass is 298 g/mol. The number of aryl methyl sites for hydroxylation is 2. The molecule has 3 nitrogen and oxygen atoms in total. The molecule has 2 N–H and O–H groups in total. The Kier molecular flexibility index (Phi) is 3.43. The number of nitrogens with two attached hydrogens (primary N) is 1. The molecule has 0 amide bonds. The van der Waals surface area contributed by atoms with Crippen LogP contribution in [0.5, 0.6) is 0 Å². The van der Waals surface area contributed by atoms with Crippen LogP contribution < -0.4 is 5.73 Å². The lowest BCUT2D eigenvalue weighted by molar-refractivity contribution is 0.436. The molecule has 106 valence electrons. The molecule has 0 radical (unpaired) electrons. The van der Waals surface area contributed by atoms with Gasteiger partial charge in [0.1, 0.15) is 0 Å². The van der Waals surface area contributed by atoms with E-state index in [0.717, 1.165) is 22.3 Å². The first-order valence-electron chi connectivity index (χ1n) is 6.65. The molecule has 0 bridgehead atoms. The van der Waals surface area contributed by atoms with Crippen molar-refractivity contribution < 1.29 is 4.52 Å². The van der Waals surface area contributed by atoms with Gasteiger partial charge >= 0.3 is 0 Å². The van der Waals surface area contributed by atoms with Crippen LogP contribution in [0.25, 0.3) is 22.5 Å². The van der Waals surface area contributed by atoms with Crippen LogP contribution in [-0.2, 0) is 0 Å². The van der Waals surface area contributed by atoms with E-state index in [1.54, 1.807) is 0 Å². The third-order valence-electron chi connectivity index (χ3n) is 3.43. The van der Waals surface area contributed by atoms with Gasteiger partial charge in [0.25, 0.3) is 0 Å². The fourth-order valence-electron chi connectivity index (χ4n) is 2.29. The van der Waals surface area contributed by atoms with E-state index in [4.69, 9.17) is 21.9 Å². The Labute approximate surface area is 128 Å². The Hall–Kier alpha value is -2.26. The highest BCUT2D eigenvalue weighted by Gasteiger charge is 2.19. The first-order valence-corrected chi connectivity index (χ1v) is 7.03. The molecule has 0 aliphatic heterocycles. The van der Waals surface area contributed by atoms with Gasteiger partial charge in [0.15, 0.2) is 11.6 Å². The van der Waals surface area contributed by atoms with Crippen LogP contribution in [0, 0.1) is 13.8 Å². The highest BCUT2D eigenvalue weighted by Crippen LogP contribution is 2.39. The van der Waals surface area contributed by atoms with Gasteiger partial charge in [-0.15, -0.1) is 0 Å². The Bertz CT molecular complexity index is 791. The van der Waals surface area contributed by atoms with Gasteiger partial charge in [0.05, 0.1) is 10.6 Å². The first kappa shape index (κ1) is 13.7. The van der Waals surface area contributed by atoms with Crippen molar-refractivity contribution in [2.45, 2.75) is 13.8 Å². The highest BCUT2D eigenvalue weighted by molar-refractivity contribution is 6.33. The number of halogens is 1. The standard InChI is InChI=1S/C17H15ClN2O/c1-10-3-6-12(7-4-10)15-16(21-20-17(15)19)13-8-5-11(2)9-14(13)18/h3-9H,1-2H3,(H2,19,20). The van der Waals surface area contributed by atoms with Crippen LogP contribution in [0.15, 0.2) is 47.0 Å². The SMILES string of the molecule is Cc1ccc(-c2c(N)noc2-c2ccc(C)cc2Cl)cc1. The van der Waals surface area contributed by atoms with Crippen molar-refractivity contribution in [1.82, 2.24) is 5.16 Å². The minimum absolute atomic E-state index is 0.366. The number of nitrogens with zero attached hydrogens (tertiary/aromatic N) is 1. The van der Waals surface area contributed by atoms with Crippen molar-refractivity contribution in [2.24, 2.45) is 0 Å². The molecule has 0 spiro atoms. The van der Waals surface area contributed by atoms with Crippen LogP contribution in [0.1, 0.15) is 11.1 Å². The predicted molar refractivity (Wildman–Crippen MR) is 86.3 cm³/mol. The number of rotatable bonds is 2. The molecule has 3 rings (SSSR count). The van der Waals surface area contributed by atoms with Crippen molar-refractivity contribution in [3.8, 4) is 22.5 Å². The topological polar surface area (TPSA) is 52.0 Å². The maximum Gasteiger partial charge on any atom is 0.178 e. The highest BCUT2D eigenvalue weighted by atomic mass is 35.5. The fourth-order valence-corrected chi connectivity index (χ4v) is 2.61. The molecule has 21 heavy (non-hydrogen) atoms. The Morgan fingerprint density at radius 1 is 1.00 bits per heavy atom. The van der Waals surface area contributed by atoms with Crippen molar-refractivity contribution in [1.29, 1.82) is 0 Å². The number of hydrogen-bond donors (Lipinski definition) is 1. The second kappa shape index (κ2) is 5.26. The molecule has 1 heterocycles. The Morgan fingerprint density at radius 2 is 1.67 bits per heavy atom. The lowest BCUT2D eigenvalue weighted by atomic mass is 10.00. The fraction of sp³-hybridized carbons (Fsp3) is 0.118. The van der Waals surface area contributed by atoms with E-state index in [1.807, 2.05) is 56.3 Å². The summed E-state index contributed by atoms with van der Waals surface area (Å²) >= 11 is 6.33. The minimum Gasteiger partial charge on any atom is -0.380 e. The van der Waals surface area contributed by atoms with Gasteiger partial charge < -0.3 is 10.3 Å². The number of benzene rings is 2. The molecule has 0 atom stereocenters. The largest absolute Gasteiger partial charge is 0.380 e. The van der Waals surface area contributed by atoms with Gasteiger partial charge in [-0.05, 0) is 37.1 Å². The van der Waals surface area contributed by atoms with Crippen molar-refractivity contribution in [3.63, 3.8) is 0 Å². The molecular formula is C17H15ClN2O. The molecule has 0 saturated heterocycles. The molecular weight excluding hydrogens is 284 g/mol. The molecule has 0 unspecified atom stereocenters. The minimum atomic E-state index is 0.366. The van der Waals surface area contributed by atoms with E-state index < -0.39 is 0 Å². The quantitative estimate of drug-likeness (QED) is 0.735. The first-order chi connectivity index (χ1) is 10.1. The summed E-state index contributed by atoms with van der Waals surface area (Å²) in [6.45, 7) is 4.03. The van der Waals surface area contributed by atoms with Gasteiger partial charge in [-0.3, -0.25) is 0 Å². The van der Waals surface area contributed by atoms with Crippen LogP contribution in [0.2, 0.25) is 5.02 Å². The molecule has 0 saturated carbocycles. The number of aromatic nitrogens is 1. The molecule has 4 heteroatoms. The summed E-state index contributed by atoms with van der Waals surface area (Å²) < 4.78 is 5.43. The summed E-state index contributed by atoms with van der Waals surface area (Å²) in [5.41, 5.74) is 10.8. The van der Waals surface area contributed by atoms with Crippen LogP contribution in [0.4, 0.5) is 5.82 Å². The lowest BCUT2D eigenvalue weighted by Crippen LogP contribution is -1.89. The second-order valence-electron chi connectivity index (χ2n) is 5.12. The third-order valence-corrected chi connectivity index (χ3v) is 3.74. The third kappa shape index (κ3) is 2.52. The van der Waals surface area contributed by atoms with E-state index in [-0.39, 0.29) is 0 Å². The van der Waals surface area contributed by atoms with Crippen LogP contribution in [0.3, 0.4) is 0 Å². The average molecular weight is 299 g/mol. The summed E-state index contributed by atoms with van der Waals surface area (Å²) in [4.78, 5) is 0. The van der Waals surface area contributed by atoms with Crippen molar-refractivity contribution >= 4 is 17.4 Å². The normalized spacial score (nSPS) is 10.8. The Morgan fingerprint density at radius 3 is 2.33 bits per heavy atom. The number of hydrogen-bond acceptors (Lipinski definition) is 3. The molecule has 1 aromatic heterocycles. The molecule has 2 aromatic carbocycles. The second-order valence-corrected chi connectivity index (χ2v) is 5.53. The van der Waals surface area contributed by atoms with Gasteiger partial charge in [-0.25, -0.2) is 0 Å².